The van der Waals surface area contributed by atoms with Crippen LogP contribution in [-0.2, 0) is 34.0 Å². The summed E-state index contributed by atoms with van der Waals surface area (Å²) < 4.78 is 58.7. The number of carbonyl (C=O) groups excluding carboxylic acids is 1. The minimum absolute atomic E-state index is 0.829. The number of esters is 1. The zero-order valence-corrected chi connectivity index (χ0v) is 9.38. The van der Waals surface area contributed by atoms with E-state index in [1.165, 1.54) is 0 Å². The van der Waals surface area contributed by atoms with Crippen LogP contribution in [0.4, 0.5) is 0 Å². The molecule has 0 heterocycles. The average molecular weight is 262 g/mol. The molecule has 0 amide bonds. The molecule has 0 saturated heterocycles. The van der Waals surface area contributed by atoms with E-state index < -0.39 is 44.3 Å². The minimum atomic E-state index is -4.38. The molecule has 0 unspecified atom stereocenters. The number of carbonyl (C=O) groups is 1. The monoisotopic (exact) mass is 262 g/mol. The van der Waals surface area contributed by atoms with E-state index in [-0.39, 0.29) is 0 Å². The van der Waals surface area contributed by atoms with E-state index >= 15 is 0 Å². The van der Waals surface area contributed by atoms with Crippen molar-refractivity contribution in [1.29, 1.82) is 0 Å². The lowest BCUT2D eigenvalue weighted by Crippen LogP contribution is -2.22. The quantitative estimate of drug-likeness (QED) is 0.344. The standard InChI is InChI=1S/C5H10O8S2/c1-12-5(6)4-13-15(10,11)3-2-14(7,8)9/h2-4H2,1H3,(H,7,8,9). The highest BCUT2D eigenvalue weighted by atomic mass is 32.2. The van der Waals surface area contributed by atoms with Crippen molar-refractivity contribution in [3.05, 3.63) is 0 Å². The Bertz CT molecular complexity index is 404. The van der Waals surface area contributed by atoms with Gasteiger partial charge in [-0.05, 0) is 0 Å². The zero-order valence-electron chi connectivity index (χ0n) is 7.74. The lowest BCUT2D eigenvalue weighted by molar-refractivity contribution is -0.142. The summed E-state index contributed by atoms with van der Waals surface area (Å²) in [6, 6.07) is 0. The molecule has 0 aliphatic heterocycles. The normalized spacial score (nSPS) is 12.4. The van der Waals surface area contributed by atoms with Gasteiger partial charge in [0, 0.05) is 0 Å². The van der Waals surface area contributed by atoms with Crippen LogP contribution in [0, 0.1) is 0 Å². The number of rotatable bonds is 6. The molecule has 0 radical (unpaired) electrons. The van der Waals surface area contributed by atoms with E-state index in [2.05, 4.69) is 8.92 Å². The van der Waals surface area contributed by atoms with Crippen molar-refractivity contribution in [2.75, 3.05) is 25.2 Å². The Labute approximate surface area is 87.1 Å². The van der Waals surface area contributed by atoms with Crippen molar-refractivity contribution in [1.82, 2.24) is 0 Å². The number of hydrogen-bond acceptors (Lipinski definition) is 7. The smallest absolute Gasteiger partial charge is 0.333 e. The molecule has 0 spiro atoms. The Hall–Kier alpha value is -0.710. The van der Waals surface area contributed by atoms with Crippen molar-refractivity contribution < 1.29 is 35.1 Å². The third kappa shape index (κ3) is 8.30. The van der Waals surface area contributed by atoms with Crippen molar-refractivity contribution in [3.8, 4) is 0 Å². The maximum absolute atomic E-state index is 10.9. The van der Waals surface area contributed by atoms with Crippen LogP contribution in [0.1, 0.15) is 0 Å². The van der Waals surface area contributed by atoms with Crippen molar-refractivity contribution in [2.24, 2.45) is 0 Å². The molecule has 15 heavy (non-hydrogen) atoms. The van der Waals surface area contributed by atoms with E-state index in [9.17, 15) is 21.6 Å². The SMILES string of the molecule is COC(=O)COS(=O)(=O)CCS(=O)(=O)O. The molecular formula is C5H10O8S2. The third-order valence-corrected chi connectivity index (χ3v) is 3.33. The second-order valence-corrected chi connectivity index (χ2v) is 5.72. The van der Waals surface area contributed by atoms with Crippen LogP contribution in [0.25, 0.3) is 0 Å². The Morgan fingerprint density at radius 1 is 1.20 bits per heavy atom. The summed E-state index contributed by atoms with van der Waals surface area (Å²) in [5, 5.41) is 0. The van der Waals surface area contributed by atoms with Crippen LogP contribution < -0.4 is 0 Å². The number of hydrogen-bond donors (Lipinski definition) is 1. The van der Waals surface area contributed by atoms with Crippen LogP contribution >= 0.6 is 0 Å². The Morgan fingerprint density at radius 2 is 1.73 bits per heavy atom. The predicted molar refractivity (Wildman–Crippen MR) is 48.2 cm³/mol. The van der Waals surface area contributed by atoms with Crippen LogP contribution in [0.5, 0.6) is 0 Å². The molecule has 1 N–H and O–H groups in total. The Balaban J connectivity index is 4.16. The molecule has 0 aliphatic rings. The molecule has 0 aromatic rings. The van der Waals surface area contributed by atoms with Gasteiger partial charge in [0.15, 0.2) is 6.61 Å². The topological polar surface area (TPSA) is 124 Å². The summed E-state index contributed by atoms with van der Waals surface area (Å²) in [7, 11) is -7.50. The molecule has 0 aromatic heterocycles. The van der Waals surface area contributed by atoms with Crippen LogP contribution in [-0.4, -0.2) is 52.6 Å². The average Bonchev–Trinajstić information content (AvgIpc) is 2.10. The van der Waals surface area contributed by atoms with E-state index in [0.717, 1.165) is 7.11 Å². The fourth-order valence-electron chi connectivity index (χ4n) is 0.463. The van der Waals surface area contributed by atoms with Gasteiger partial charge in [-0.2, -0.15) is 16.8 Å². The largest absolute Gasteiger partial charge is 0.467 e. The molecule has 0 bridgehead atoms. The van der Waals surface area contributed by atoms with Crippen molar-refractivity contribution in [3.63, 3.8) is 0 Å². The summed E-state index contributed by atoms with van der Waals surface area (Å²) in [6.07, 6.45) is 0. The van der Waals surface area contributed by atoms with Crippen LogP contribution in [0.15, 0.2) is 0 Å². The van der Waals surface area contributed by atoms with Gasteiger partial charge in [0.1, 0.15) is 0 Å². The first-order valence-electron chi connectivity index (χ1n) is 3.55. The first-order valence-corrected chi connectivity index (χ1v) is 6.74. The maximum Gasteiger partial charge on any atom is 0.333 e. The highest BCUT2D eigenvalue weighted by molar-refractivity contribution is 7.90. The van der Waals surface area contributed by atoms with Gasteiger partial charge in [-0.25, -0.2) is 4.79 Å². The van der Waals surface area contributed by atoms with E-state index in [0.29, 0.717) is 0 Å². The van der Waals surface area contributed by atoms with E-state index in [1.54, 1.807) is 0 Å². The van der Waals surface area contributed by atoms with Crippen LogP contribution in [0.3, 0.4) is 0 Å². The van der Waals surface area contributed by atoms with Crippen molar-refractivity contribution >= 4 is 26.2 Å². The molecule has 90 valence electrons. The summed E-state index contributed by atoms with van der Waals surface area (Å²) in [5.74, 6) is -2.83. The minimum Gasteiger partial charge on any atom is -0.467 e. The summed E-state index contributed by atoms with van der Waals surface area (Å²) in [4.78, 5) is 10.5. The zero-order chi connectivity index (χ0) is 12.1. The number of ether oxygens (including phenoxy) is 1. The second kappa shape index (κ2) is 5.39. The fourth-order valence-corrected chi connectivity index (χ4v) is 2.52. The maximum atomic E-state index is 10.9. The van der Waals surface area contributed by atoms with Gasteiger partial charge in [0.05, 0.1) is 18.6 Å². The van der Waals surface area contributed by atoms with E-state index in [4.69, 9.17) is 4.55 Å². The summed E-state index contributed by atoms with van der Waals surface area (Å²) in [6.45, 7) is -0.829. The van der Waals surface area contributed by atoms with Gasteiger partial charge in [-0.3, -0.25) is 8.74 Å². The van der Waals surface area contributed by atoms with Gasteiger partial charge in [0.25, 0.3) is 20.2 Å². The first-order chi connectivity index (χ1) is 6.66. The highest BCUT2D eigenvalue weighted by Gasteiger charge is 2.18. The highest BCUT2D eigenvalue weighted by Crippen LogP contribution is 1.96. The molecule has 0 aromatic carbocycles. The van der Waals surface area contributed by atoms with Gasteiger partial charge in [-0.15, -0.1) is 0 Å². The van der Waals surface area contributed by atoms with Gasteiger partial charge in [-0.1, -0.05) is 0 Å². The molecule has 0 atom stereocenters. The molecule has 0 saturated carbocycles. The van der Waals surface area contributed by atoms with E-state index in [1.807, 2.05) is 0 Å². The van der Waals surface area contributed by atoms with Gasteiger partial charge >= 0.3 is 5.97 Å². The predicted octanol–water partition coefficient (Wildman–Crippen LogP) is -1.61. The van der Waals surface area contributed by atoms with Gasteiger partial charge in [0.2, 0.25) is 0 Å². The molecule has 0 aliphatic carbocycles. The third-order valence-electron chi connectivity index (χ3n) is 1.18. The first kappa shape index (κ1) is 14.3. The molecule has 0 fully saturated rings. The molecule has 0 rings (SSSR count). The van der Waals surface area contributed by atoms with Crippen LogP contribution in [0.2, 0.25) is 0 Å². The molecular weight excluding hydrogens is 252 g/mol. The van der Waals surface area contributed by atoms with Gasteiger partial charge < -0.3 is 4.74 Å². The summed E-state index contributed by atoms with van der Waals surface area (Å²) in [5.41, 5.74) is 0. The Kier molecular flexibility index (Phi) is 5.14. The molecule has 10 heteroatoms. The summed E-state index contributed by atoms with van der Waals surface area (Å²) >= 11 is 0. The Morgan fingerprint density at radius 3 is 2.13 bits per heavy atom. The fraction of sp³-hybridized carbons (Fsp3) is 0.800. The lowest BCUT2D eigenvalue weighted by Gasteiger charge is -2.02. The second-order valence-electron chi connectivity index (χ2n) is 2.39. The van der Waals surface area contributed by atoms with Crippen molar-refractivity contribution in [2.45, 2.75) is 0 Å². The lowest BCUT2D eigenvalue weighted by atomic mass is 10.8. The number of methoxy groups -OCH3 is 1. The molecule has 8 nitrogen and oxygen atoms in total.